The standard InChI is InChI=1S/C32H42N2O2/c1-2-23-14-9-15-27-30(23)36-19-17-32(27)22-33-21-28(32)31(35)34-18-16-26(24-10-5-3-6-11-24)20-29(34)25-12-7-4-8-13-25/h3,5-6,9-11,14-15,25-26,28-29,33H,2,4,7-8,12-13,16-22H2,1H3/p+1/t26-,28+,29+,32+/m1/s1. The van der Waals surface area contributed by atoms with Gasteiger partial charge in [-0.2, -0.15) is 0 Å². The van der Waals surface area contributed by atoms with Crippen LogP contribution in [-0.2, 0) is 16.6 Å². The van der Waals surface area contributed by atoms with Crippen LogP contribution < -0.4 is 10.1 Å². The summed E-state index contributed by atoms with van der Waals surface area (Å²) in [6, 6.07) is 18.1. The summed E-state index contributed by atoms with van der Waals surface area (Å²) in [4.78, 5) is 17.0. The third kappa shape index (κ3) is 4.16. The van der Waals surface area contributed by atoms with Gasteiger partial charge in [-0.1, -0.05) is 74.7 Å². The van der Waals surface area contributed by atoms with Gasteiger partial charge < -0.3 is 15.0 Å². The summed E-state index contributed by atoms with van der Waals surface area (Å²) >= 11 is 0. The van der Waals surface area contributed by atoms with Crippen molar-refractivity contribution >= 4 is 5.91 Å². The number of benzene rings is 2. The number of hydrogen-bond donors (Lipinski definition) is 1. The number of para-hydroxylation sites is 1. The van der Waals surface area contributed by atoms with E-state index < -0.39 is 0 Å². The van der Waals surface area contributed by atoms with E-state index in [9.17, 15) is 4.79 Å². The van der Waals surface area contributed by atoms with Crippen LogP contribution in [0.1, 0.15) is 80.9 Å². The molecule has 4 aliphatic rings. The fourth-order valence-corrected chi connectivity index (χ4v) is 8.15. The molecule has 1 aliphatic carbocycles. The number of ether oxygens (including phenoxy) is 1. The summed E-state index contributed by atoms with van der Waals surface area (Å²) in [5.74, 6) is 2.78. The SMILES string of the molecule is CCc1cccc2c1OCC[C@]21C[NH2+]C[C@H]1C(=O)N1CC[C@@H](c2ccccc2)C[C@H]1C1CCCCC1. The van der Waals surface area contributed by atoms with E-state index in [0.717, 1.165) is 57.7 Å². The largest absolute Gasteiger partial charge is 0.493 e. The van der Waals surface area contributed by atoms with Gasteiger partial charge >= 0.3 is 0 Å². The quantitative estimate of drug-likeness (QED) is 0.672. The summed E-state index contributed by atoms with van der Waals surface area (Å²) in [6.07, 6.45) is 10.7. The Kier molecular flexibility index (Phi) is 6.81. The summed E-state index contributed by atoms with van der Waals surface area (Å²) in [6.45, 7) is 5.75. The Labute approximate surface area is 216 Å². The van der Waals surface area contributed by atoms with Gasteiger partial charge in [0.1, 0.15) is 11.7 Å². The lowest BCUT2D eigenvalue weighted by molar-refractivity contribution is -0.640. The normalized spacial score (nSPS) is 30.7. The fourth-order valence-electron chi connectivity index (χ4n) is 8.15. The summed E-state index contributed by atoms with van der Waals surface area (Å²) in [5, 5.41) is 2.41. The molecule has 0 radical (unpaired) electrons. The van der Waals surface area contributed by atoms with E-state index in [0.29, 0.717) is 23.8 Å². The number of piperidine rings is 1. The highest BCUT2D eigenvalue weighted by atomic mass is 16.5. The highest BCUT2D eigenvalue weighted by molar-refractivity contribution is 5.82. The van der Waals surface area contributed by atoms with Crippen molar-refractivity contribution in [1.29, 1.82) is 0 Å². The molecule has 0 unspecified atom stereocenters. The van der Waals surface area contributed by atoms with Crippen LogP contribution in [0.4, 0.5) is 0 Å². The molecule has 3 heterocycles. The summed E-state index contributed by atoms with van der Waals surface area (Å²) in [7, 11) is 0. The number of carbonyl (C=O) groups is 1. The van der Waals surface area contributed by atoms with Crippen LogP contribution in [-0.4, -0.2) is 43.1 Å². The topological polar surface area (TPSA) is 46.1 Å². The number of carbonyl (C=O) groups excluding carboxylic acids is 1. The first-order valence-corrected chi connectivity index (χ1v) is 14.6. The molecule has 36 heavy (non-hydrogen) atoms. The average molecular weight is 488 g/mol. The van der Waals surface area contributed by atoms with E-state index in [1.165, 1.54) is 48.8 Å². The maximum Gasteiger partial charge on any atom is 0.232 e. The van der Waals surface area contributed by atoms with E-state index in [2.05, 4.69) is 65.7 Å². The minimum absolute atomic E-state index is 0.0478. The van der Waals surface area contributed by atoms with Crippen molar-refractivity contribution in [2.75, 3.05) is 26.2 Å². The Bertz CT molecular complexity index is 1060. The van der Waals surface area contributed by atoms with Gasteiger partial charge in [0, 0.05) is 18.2 Å². The van der Waals surface area contributed by atoms with Crippen LogP contribution in [0.2, 0.25) is 0 Å². The van der Waals surface area contributed by atoms with E-state index in [1.807, 2.05) is 0 Å². The van der Waals surface area contributed by atoms with Crippen molar-refractivity contribution in [3.05, 3.63) is 65.2 Å². The van der Waals surface area contributed by atoms with Crippen molar-refractivity contribution < 1.29 is 14.8 Å². The fraction of sp³-hybridized carbons (Fsp3) is 0.594. The number of amides is 1. The molecule has 1 saturated carbocycles. The number of fused-ring (bicyclic) bond motifs is 2. The second kappa shape index (κ2) is 10.2. The van der Waals surface area contributed by atoms with Crippen LogP contribution in [0.5, 0.6) is 5.75 Å². The molecule has 6 rings (SSSR count). The van der Waals surface area contributed by atoms with Crippen molar-refractivity contribution in [2.45, 2.75) is 82.1 Å². The molecule has 2 N–H and O–H groups in total. The van der Waals surface area contributed by atoms with Crippen molar-refractivity contribution in [3.8, 4) is 5.75 Å². The van der Waals surface area contributed by atoms with Crippen LogP contribution in [0, 0.1) is 11.8 Å². The second-order valence-electron chi connectivity index (χ2n) is 11.8. The van der Waals surface area contributed by atoms with Gasteiger partial charge in [-0.3, -0.25) is 4.79 Å². The molecule has 0 aromatic heterocycles. The molecule has 1 spiro atoms. The molecule has 2 aromatic rings. The van der Waals surface area contributed by atoms with Crippen molar-refractivity contribution in [2.24, 2.45) is 11.8 Å². The zero-order valence-corrected chi connectivity index (χ0v) is 22.0. The van der Waals surface area contributed by atoms with Gasteiger partial charge in [-0.05, 0) is 61.5 Å². The molecule has 3 fully saturated rings. The molecule has 3 aliphatic heterocycles. The van der Waals surface area contributed by atoms with Crippen molar-refractivity contribution in [1.82, 2.24) is 4.90 Å². The highest BCUT2D eigenvalue weighted by Gasteiger charge is 2.56. The molecule has 4 nitrogen and oxygen atoms in total. The molecule has 4 heteroatoms. The Morgan fingerprint density at radius 1 is 1.06 bits per heavy atom. The van der Waals surface area contributed by atoms with E-state index >= 15 is 0 Å². The van der Waals surface area contributed by atoms with Gasteiger partial charge in [-0.25, -0.2) is 0 Å². The summed E-state index contributed by atoms with van der Waals surface area (Å²) < 4.78 is 6.25. The lowest BCUT2D eigenvalue weighted by Crippen LogP contribution is -2.82. The number of hydrogen-bond acceptors (Lipinski definition) is 2. The monoisotopic (exact) mass is 487 g/mol. The maximum atomic E-state index is 14.6. The smallest absolute Gasteiger partial charge is 0.232 e. The Hall–Kier alpha value is -2.33. The molecule has 0 bridgehead atoms. The Balaban J connectivity index is 1.31. The lowest BCUT2D eigenvalue weighted by atomic mass is 9.67. The highest BCUT2D eigenvalue weighted by Crippen LogP contribution is 2.48. The van der Waals surface area contributed by atoms with Crippen LogP contribution >= 0.6 is 0 Å². The van der Waals surface area contributed by atoms with Gasteiger partial charge in [0.05, 0.1) is 25.1 Å². The third-order valence-electron chi connectivity index (χ3n) is 10.1. The van der Waals surface area contributed by atoms with Crippen LogP contribution in [0.15, 0.2) is 48.5 Å². The Morgan fingerprint density at radius 2 is 1.89 bits per heavy atom. The minimum Gasteiger partial charge on any atom is -0.493 e. The molecule has 2 aromatic carbocycles. The second-order valence-corrected chi connectivity index (χ2v) is 11.8. The van der Waals surface area contributed by atoms with E-state index in [4.69, 9.17) is 4.74 Å². The zero-order chi connectivity index (χ0) is 24.5. The van der Waals surface area contributed by atoms with Gasteiger partial charge in [0.25, 0.3) is 0 Å². The van der Waals surface area contributed by atoms with Crippen LogP contribution in [0.25, 0.3) is 0 Å². The number of rotatable bonds is 4. The first-order chi connectivity index (χ1) is 17.7. The number of likely N-dealkylation sites (tertiary alicyclic amines) is 1. The number of nitrogens with two attached hydrogens (primary N) is 1. The molecule has 4 atom stereocenters. The molecular formula is C32H43N2O2+. The van der Waals surface area contributed by atoms with E-state index in [1.54, 1.807) is 0 Å². The van der Waals surface area contributed by atoms with Crippen molar-refractivity contribution in [3.63, 3.8) is 0 Å². The molecule has 2 saturated heterocycles. The lowest BCUT2D eigenvalue weighted by Gasteiger charge is -2.47. The molecule has 192 valence electrons. The zero-order valence-electron chi connectivity index (χ0n) is 22.0. The molecular weight excluding hydrogens is 444 g/mol. The van der Waals surface area contributed by atoms with Gasteiger partial charge in [0.15, 0.2) is 0 Å². The Morgan fingerprint density at radius 3 is 2.69 bits per heavy atom. The van der Waals surface area contributed by atoms with Gasteiger partial charge in [-0.15, -0.1) is 0 Å². The molecule has 1 amide bonds. The number of nitrogens with zero attached hydrogens (tertiary/aromatic N) is 1. The average Bonchev–Trinajstić information content (AvgIpc) is 3.37. The summed E-state index contributed by atoms with van der Waals surface area (Å²) in [5.41, 5.74) is 3.95. The number of quaternary nitrogens is 1. The minimum atomic E-state index is -0.0940. The third-order valence-corrected chi connectivity index (χ3v) is 10.1. The maximum absolute atomic E-state index is 14.6. The first-order valence-electron chi connectivity index (χ1n) is 14.6. The van der Waals surface area contributed by atoms with Gasteiger partial charge in [0.2, 0.25) is 5.91 Å². The van der Waals surface area contributed by atoms with E-state index in [-0.39, 0.29) is 11.3 Å². The predicted molar refractivity (Wildman–Crippen MR) is 143 cm³/mol. The first kappa shape index (κ1) is 24.0. The van der Waals surface area contributed by atoms with Crippen LogP contribution in [0.3, 0.4) is 0 Å². The number of aryl methyl sites for hydroxylation is 1. The predicted octanol–water partition coefficient (Wildman–Crippen LogP) is 4.82.